The van der Waals surface area contributed by atoms with E-state index in [1.165, 1.54) is 35.1 Å². The van der Waals surface area contributed by atoms with Gasteiger partial charge < -0.3 is 10.6 Å². The van der Waals surface area contributed by atoms with Crippen LogP contribution in [0.3, 0.4) is 0 Å². The molecule has 0 atom stereocenters. The molecule has 8 heteroatoms. The summed E-state index contributed by atoms with van der Waals surface area (Å²) in [5.74, 6) is -1.14. The van der Waals surface area contributed by atoms with E-state index < -0.39 is 17.6 Å². The van der Waals surface area contributed by atoms with Gasteiger partial charge in [-0.1, -0.05) is 29.8 Å². The number of benzene rings is 3. The third-order valence-corrected chi connectivity index (χ3v) is 4.71. The predicted molar refractivity (Wildman–Crippen MR) is 117 cm³/mol. The largest absolute Gasteiger partial charge is 0.322 e. The van der Waals surface area contributed by atoms with Gasteiger partial charge in [-0.15, -0.1) is 0 Å². The Morgan fingerprint density at radius 3 is 2.19 bits per heavy atom. The number of rotatable bonds is 5. The lowest BCUT2D eigenvalue weighted by Crippen LogP contribution is -2.19. The van der Waals surface area contributed by atoms with Gasteiger partial charge in [-0.05, 0) is 60.7 Å². The minimum Gasteiger partial charge on any atom is -0.322 e. The second kappa shape index (κ2) is 8.81. The number of para-hydroxylation sites is 1. The van der Waals surface area contributed by atoms with E-state index in [1.807, 2.05) is 18.2 Å². The van der Waals surface area contributed by atoms with E-state index in [9.17, 15) is 14.0 Å². The first-order chi connectivity index (χ1) is 15.0. The van der Waals surface area contributed by atoms with Crippen LogP contribution < -0.4 is 10.6 Å². The number of carbonyl (C=O) groups is 2. The average molecular weight is 435 g/mol. The van der Waals surface area contributed by atoms with Gasteiger partial charge in [0, 0.05) is 16.3 Å². The van der Waals surface area contributed by atoms with Crippen molar-refractivity contribution < 1.29 is 14.0 Å². The van der Waals surface area contributed by atoms with Crippen LogP contribution in [0, 0.1) is 5.82 Å². The highest BCUT2D eigenvalue weighted by molar-refractivity contribution is 6.30. The lowest BCUT2D eigenvalue weighted by Gasteiger charge is -2.12. The monoisotopic (exact) mass is 434 g/mol. The summed E-state index contributed by atoms with van der Waals surface area (Å²) >= 11 is 5.90. The molecular formula is C23H16ClFN4O2. The Morgan fingerprint density at radius 2 is 1.52 bits per heavy atom. The molecule has 0 saturated carbocycles. The van der Waals surface area contributed by atoms with Gasteiger partial charge in [0.2, 0.25) is 0 Å². The van der Waals surface area contributed by atoms with Gasteiger partial charge in [0.1, 0.15) is 17.2 Å². The van der Waals surface area contributed by atoms with E-state index in [2.05, 4.69) is 15.7 Å². The maximum Gasteiger partial charge on any atom is 0.261 e. The third kappa shape index (κ3) is 4.62. The zero-order valence-electron chi connectivity index (χ0n) is 16.0. The summed E-state index contributed by atoms with van der Waals surface area (Å²) in [5, 5.41) is 10.2. The molecule has 0 bridgehead atoms. The van der Waals surface area contributed by atoms with Crippen LogP contribution in [0.5, 0.6) is 0 Å². The van der Waals surface area contributed by atoms with Gasteiger partial charge in [-0.3, -0.25) is 9.59 Å². The number of hydrogen-bond donors (Lipinski definition) is 2. The highest BCUT2D eigenvalue weighted by Crippen LogP contribution is 2.23. The highest BCUT2D eigenvalue weighted by Gasteiger charge is 2.21. The van der Waals surface area contributed by atoms with Gasteiger partial charge in [0.15, 0.2) is 0 Å². The van der Waals surface area contributed by atoms with Crippen LogP contribution in [0.4, 0.5) is 15.9 Å². The molecule has 0 aliphatic heterocycles. The molecule has 0 radical (unpaired) electrons. The van der Waals surface area contributed by atoms with E-state index in [4.69, 9.17) is 11.6 Å². The first kappa shape index (κ1) is 20.3. The molecule has 2 amide bonds. The molecule has 0 fully saturated rings. The number of amides is 2. The fourth-order valence-electron chi connectivity index (χ4n) is 2.91. The summed E-state index contributed by atoms with van der Waals surface area (Å²) in [6.45, 7) is 0. The molecule has 4 aromatic rings. The first-order valence-corrected chi connectivity index (χ1v) is 9.66. The van der Waals surface area contributed by atoms with E-state index in [1.54, 1.807) is 36.4 Å². The van der Waals surface area contributed by atoms with Crippen molar-refractivity contribution in [1.29, 1.82) is 0 Å². The number of nitrogens with zero attached hydrogens (tertiary/aromatic N) is 2. The summed E-state index contributed by atoms with van der Waals surface area (Å²) in [6.07, 6.45) is 1.36. The topological polar surface area (TPSA) is 76.0 Å². The SMILES string of the molecule is O=C(Nc1c(C(=O)Nc2ccc(F)cc2)cnn1-c1ccccc1)c1ccc(Cl)cc1. The molecule has 0 aliphatic rings. The standard InChI is InChI=1S/C23H16ClFN4O2/c24-16-8-6-15(7-9-16)22(30)28-21-20(14-26-29(21)19-4-2-1-3-5-19)23(31)27-18-12-10-17(25)11-13-18/h1-14H,(H,27,31)(H,28,30). The van der Waals surface area contributed by atoms with Gasteiger partial charge >= 0.3 is 0 Å². The third-order valence-electron chi connectivity index (χ3n) is 4.46. The van der Waals surface area contributed by atoms with Crippen LogP contribution in [-0.4, -0.2) is 21.6 Å². The molecule has 0 aliphatic carbocycles. The van der Waals surface area contributed by atoms with Crippen molar-refractivity contribution in [3.8, 4) is 5.69 Å². The molecule has 6 nitrogen and oxygen atoms in total. The molecule has 4 rings (SSSR count). The van der Waals surface area contributed by atoms with Crippen LogP contribution in [0.15, 0.2) is 85.1 Å². The quantitative estimate of drug-likeness (QED) is 0.455. The van der Waals surface area contributed by atoms with Gasteiger partial charge in [-0.2, -0.15) is 5.10 Å². The predicted octanol–water partition coefficient (Wildman–Crippen LogP) is 5.17. The van der Waals surface area contributed by atoms with Crippen LogP contribution in [-0.2, 0) is 0 Å². The molecule has 1 aromatic heterocycles. The zero-order chi connectivity index (χ0) is 21.8. The van der Waals surface area contributed by atoms with Crippen LogP contribution >= 0.6 is 11.6 Å². The van der Waals surface area contributed by atoms with Crippen LogP contribution in [0.25, 0.3) is 5.69 Å². The smallest absolute Gasteiger partial charge is 0.261 e. The second-order valence-corrected chi connectivity index (χ2v) is 7.01. The summed E-state index contributed by atoms with van der Waals surface area (Å²) in [5.41, 5.74) is 1.59. The van der Waals surface area contributed by atoms with Gasteiger partial charge in [0.25, 0.3) is 11.8 Å². The Balaban J connectivity index is 1.68. The zero-order valence-corrected chi connectivity index (χ0v) is 16.8. The summed E-state index contributed by atoms with van der Waals surface area (Å²) in [4.78, 5) is 25.7. The van der Waals surface area contributed by atoms with Crippen LogP contribution in [0.2, 0.25) is 5.02 Å². The molecular weight excluding hydrogens is 419 g/mol. The highest BCUT2D eigenvalue weighted by atomic mass is 35.5. The van der Waals surface area contributed by atoms with Crippen molar-refractivity contribution >= 4 is 34.9 Å². The molecule has 154 valence electrons. The Kier molecular flexibility index (Phi) is 5.77. The van der Waals surface area contributed by atoms with Crippen molar-refractivity contribution in [2.45, 2.75) is 0 Å². The van der Waals surface area contributed by atoms with Crippen molar-refractivity contribution in [3.63, 3.8) is 0 Å². The second-order valence-electron chi connectivity index (χ2n) is 6.58. The molecule has 1 heterocycles. The Labute approximate surface area is 182 Å². The molecule has 31 heavy (non-hydrogen) atoms. The van der Waals surface area contributed by atoms with Crippen molar-refractivity contribution in [2.24, 2.45) is 0 Å². The lowest BCUT2D eigenvalue weighted by atomic mass is 10.2. The number of carbonyl (C=O) groups excluding carboxylic acids is 2. The molecule has 0 saturated heterocycles. The fraction of sp³-hybridized carbons (Fsp3) is 0. The summed E-state index contributed by atoms with van der Waals surface area (Å²) in [7, 11) is 0. The van der Waals surface area contributed by atoms with E-state index >= 15 is 0 Å². The van der Waals surface area contributed by atoms with Crippen molar-refractivity contribution in [1.82, 2.24) is 9.78 Å². The molecule has 0 unspecified atom stereocenters. The molecule has 2 N–H and O–H groups in total. The Bertz CT molecular complexity index is 1220. The summed E-state index contributed by atoms with van der Waals surface area (Å²) < 4.78 is 14.6. The number of anilines is 2. The maximum atomic E-state index is 13.2. The minimum atomic E-state index is -0.500. The van der Waals surface area contributed by atoms with Gasteiger partial charge in [-0.25, -0.2) is 9.07 Å². The number of hydrogen-bond acceptors (Lipinski definition) is 3. The molecule has 3 aromatic carbocycles. The van der Waals surface area contributed by atoms with Crippen molar-refractivity contribution in [2.75, 3.05) is 10.6 Å². The Morgan fingerprint density at radius 1 is 0.839 bits per heavy atom. The van der Waals surface area contributed by atoms with E-state index in [0.29, 0.717) is 22.0 Å². The lowest BCUT2D eigenvalue weighted by molar-refractivity contribution is 0.102. The fourth-order valence-corrected chi connectivity index (χ4v) is 3.04. The van der Waals surface area contributed by atoms with Crippen molar-refractivity contribution in [3.05, 3.63) is 107 Å². The molecule has 0 spiro atoms. The number of nitrogens with one attached hydrogen (secondary N) is 2. The number of aromatic nitrogens is 2. The number of halogens is 2. The Hall–Kier alpha value is -3.97. The summed E-state index contributed by atoms with van der Waals surface area (Å²) in [6, 6.07) is 20.8. The van der Waals surface area contributed by atoms with Crippen LogP contribution in [0.1, 0.15) is 20.7 Å². The normalized spacial score (nSPS) is 10.5. The average Bonchev–Trinajstić information content (AvgIpc) is 3.20. The minimum absolute atomic E-state index is 0.149. The van der Waals surface area contributed by atoms with Gasteiger partial charge in [0.05, 0.1) is 11.9 Å². The van der Waals surface area contributed by atoms with E-state index in [0.717, 1.165) is 0 Å². The van der Waals surface area contributed by atoms with E-state index in [-0.39, 0.29) is 11.4 Å². The maximum absolute atomic E-state index is 13.2. The first-order valence-electron chi connectivity index (χ1n) is 9.28.